The van der Waals surface area contributed by atoms with Gasteiger partial charge in [-0.15, -0.1) is 0 Å². The maximum absolute atomic E-state index is 11.2. The molecule has 0 unspecified atom stereocenters. The van der Waals surface area contributed by atoms with Crippen molar-refractivity contribution in [3.63, 3.8) is 0 Å². The monoisotopic (exact) mass is 396 g/mol. The van der Waals surface area contributed by atoms with Crippen molar-refractivity contribution in [3.8, 4) is 11.4 Å². The molecule has 1 aliphatic carbocycles. The molecule has 2 aromatic rings. The first-order chi connectivity index (χ1) is 12.4. The van der Waals surface area contributed by atoms with Crippen molar-refractivity contribution in [1.82, 2.24) is 14.9 Å². The van der Waals surface area contributed by atoms with Crippen LogP contribution in [0.15, 0.2) is 33.8 Å². The highest BCUT2D eigenvalue weighted by Crippen LogP contribution is 2.29. The average molecular weight is 397 g/mol. The fourth-order valence-corrected chi connectivity index (χ4v) is 3.76. The van der Waals surface area contributed by atoms with E-state index in [0.29, 0.717) is 34.8 Å². The first-order valence-corrected chi connectivity index (χ1v) is 10.7. The predicted octanol–water partition coefficient (Wildman–Crippen LogP) is 3.45. The van der Waals surface area contributed by atoms with Crippen molar-refractivity contribution < 1.29 is 12.9 Å². The van der Waals surface area contributed by atoms with Gasteiger partial charge < -0.3 is 4.52 Å². The molecule has 1 aromatic carbocycles. The molecule has 1 saturated carbocycles. The molecular formula is C17H21ClN4O3S. The summed E-state index contributed by atoms with van der Waals surface area (Å²) in [4.78, 5) is 8.56. The van der Waals surface area contributed by atoms with Crippen LogP contribution in [-0.4, -0.2) is 37.6 Å². The van der Waals surface area contributed by atoms with Gasteiger partial charge in [-0.3, -0.25) is 0 Å². The highest BCUT2D eigenvalue weighted by atomic mass is 35.5. The average Bonchev–Trinajstić information content (AvgIpc) is 3.07. The van der Waals surface area contributed by atoms with E-state index in [2.05, 4.69) is 19.9 Å². The van der Waals surface area contributed by atoms with Crippen LogP contribution in [0, 0.1) is 11.8 Å². The Morgan fingerprint density at radius 3 is 2.73 bits per heavy atom. The molecule has 3 rings (SSSR count). The van der Waals surface area contributed by atoms with Gasteiger partial charge in [-0.1, -0.05) is 28.9 Å². The molecule has 0 amide bonds. The van der Waals surface area contributed by atoms with Crippen molar-refractivity contribution in [2.24, 2.45) is 16.8 Å². The van der Waals surface area contributed by atoms with Crippen molar-refractivity contribution >= 4 is 33.9 Å². The normalized spacial score (nSPS) is 21.3. The third kappa shape index (κ3) is 5.36. The summed E-state index contributed by atoms with van der Waals surface area (Å²) in [5.74, 6) is 1.13. The Morgan fingerprint density at radius 1 is 1.31 bits per heavy atom. The number of benzene rings is 1. The van der Waals surface area contributed by atoms with Gasteiger partial charge in [-0.25, -0.2) is 18.1 Å². The summed E-state index contributed by atoms with van der Waals surface area (Å²) in [6.07, 6.45) is 6.90. The SMILES string of the molecule is CS(=O)(=O)NCC1CCC(/C=N/c2nc(-c3ccccc3Cl)no2)CC1. The standard InChI is InChI=1S/C17H21ClN4O3S/c1-26(23,24)20-11-13-8-6-12(7-9-13)10-19-17-21-16(22-25-17)14-4-2-3-5-15(14)18/h2-5,10,12-13,20H,6-9,11H2,1H3/b19-10+. The molecule has 0 aliphatic heterocycles. The molecule has 1 N–H and O–H groups in total. The van der Waals surface area contributed by atoms with E-state index in [0.717, 1.165) is 25.7 Å². The number of hydrogen-bond acceptors (Lipinski definition) is 6. The van der Waals surface area contributed by atoms with Crippen molar-refractivity contribution in [2.75, 3.05) is 12.8 Å². The molecule has 1 aromatic heterocycles. The molecule has 26 heavy (non-hydrogen) atoms. The minimum absolute atomic E-state index is 0.209. The van der Waals surface area contributed by atoms with E-state index in [9.17, 15) is 8.42 Å². The van der Waals surface area contributed by atoms with Crippen LogP contribution in [0.3, 0.4) is 0 Å². The molecule has 0 spiro atoms. The van der Waals surface area contributed by atoms with Crippen LogP contribution < -0.4 is 4.72 Å². The third-order valence-corrected chi connectivity index (χ3v) is 5.47. The van der Waals surface area contributed by atoms with Gasteiger partial charge in [0.05, 0.1) is 11.3 Å². The molecule has 1 aliphatic rings. The minimum Gasteiger partial charge on any atom is -0.313 e. The Labute approximate surface area is 157 Å². The van der Waals surface area contributed by atoms with Gasteiger partial charge in [0.15, 0.2) is 0 Å². The second kappa shape index (κ2) is 8.28. The summed E-state index contributed by atoms with van der Waals surface area (Å²) in [6, 6.07) is 7.50. The molecule has 7 nitrogen and oxygen atoms in total. The Kier molecular flexibility index (Phi) is 6.05. The Morgan fingerprint density at radius 2 is 2.04 bits per heavy atom. The first-order valence-electron chi connectivity index (χ1n) is 8.48. The summed E-state index contributed by atoms with van der Waals surface area (Å²) in [5, 5.41) is 4.48. The van der Waals surface area contributed by atoms with Crippen LogP contribution in [0.2, 0.25) is 5.02 Å². The number of aromatic nitrogens is 2. The summed E-state index contributed by atoms with van der Waals surface area (Å²) in [7, 11) is -3.12. The maximum Gasteiger partial charge on any atom is 0.347 e. The Hall–Kier alpha value is -1.77. The zero-order chi connectivity index (χ0) is 18.6. The van der Waals surface area contributed by atoms with Gasteiger partial charge in [0.1, 0.15) is 0 Å². The van der Waals surface area contributed by atoms with E-state index in [1.165, 1.54) is 6.26 Å². The molecule has 0 bridgehead atoms. The lowest BCUT2D eigenvalue weighted by Gasteiger charge is -2.25. The van der Waals surface area contributed by atoms with Crippen molar-refractivity contribution in [2.45, 2.75) is 25.7 Å². The van der Waals surface area contributed by atoms with Crippen LogP contribution in [0.1, 0.15) is 25.7 Å². The topological polar surface area (TPSA) is 97.5 Å². The van der Waals surface area contributed by atoms with Crippen molar-refractivity contribution in [3.05, 3.63) is 29.3 Å². The minimum atomic E-state index is -3.12. The quantitative estimate of drug-likeness (QED) is 0.754. The fraction of sp³-hybridized carbons (Fsp3) is 0.471. The second-order valence-electron chi connectivity index (χ2n) is 6.56. The summed E-state index contributed by atoms with van der Waals surface area (Å²) < 4.78 is 30.1. The lowest BCUT2D eigenvalue weighted by atomic mass is 9.83. The van der Waals surface area contributed by atoms with E-state index < -0.39 is 10.0 Å². The second-order valence-corrected chi connectivity index (χ2v) is 8.80. The van der Waals surface area contributed by atoms with E-state index in [-0.39, 0.29) is 6.01 Å². The first kappa shape index (κ1) is 19.0. The number of rotatable bonds is 6. The van der Waals surface area contributed by atoms with E-state index in [4.69, 9.17) is 16.1 Å². The summed E-state index contributed by atoms with van der Waals surface area (Å²) in [6.45, 7) is 0.507. The highest BCUT2D eigenvalue weighted by Gasteiger charge is 2.21. The lowest BCUT2D eigenvalue weighted by Crippen LogP contribution is -2.30. The summed E-state index contributed by atoms with van der Waals surface area (Å²) in [5.41, 5.74) is 0.707. The van der Waals surface area contributed by atoms with Crippen LogP contribution >= 0.6 is 11.6 Å². The molecule has 1 fully saturated rings. The van der Waals surface area contributed by atoms with E-state index in [1.54, 1.807) is 6.07 Å². The molecule has 9 heteroatoms. The molecule has 140 valence electrons. The van der Waals surface area contributed by atoms with Crippen LogP contribution in [-0.2, 0) is 10.0 Å². The molecule has 0 atom stereocenters. The molecule has 0 radical (unpaired) electrons. The maximum atomic E-state index is 11.2. The van der Waals surface area contributed by atoms with Gasteiger partial charge in [-0.2, -0.15) is 4.98 Å². The van der Waals surface area contributed by atoms with Crippen LogP contribution in [0.25, 0.3) is 11.4 Å². The summed E-state index contributed by atoms with van der Waals surface area (Å²) >= 11 is 6.13. The Balaban J connectivity index is 1.53. The van der Waals surface area contributed by atoms with Gasteiger partial charge in [0.25, 0.3) is 0 Å². The van der Waals surface area contributed by atoms with E-state index in [1.807, 2.05) is 24.4 Å². The number of sulfonamides is 1. The lowest BCUT2D eigenvalue weighted by molar-refractivity contribution is 0.325. The number of nitrogens with zero attached hydrogens (tertiary/aromatic N) is 3. The zero-order valence-corrected chi connectivity index (χ0v) is 16.0. The zero-order valence-electron chi connectivity index (χ0n) is 14.4. The highest BCUT2D eigenvalue weighted by molar-refractivity contribution is 7.88. The smallest absolute Gasteiger partial charge is 0.313 e. The number of hydrogen-bond donors (Lipinski definition) is 1. The Bertz CT molecular complexity index is 874. The van der Waals surface area contributed by atoms with Gasteiger partial charge in [0, 0.05) is 18.3 Å². The molecule has 1 heterocycles. The van der Waals surface area contributed by atoms with Gasteiger partial charge in [-0.05, 0) is 49.7 Å². The van der Waals surface area contributed by atoms with Crippen LogP contribution in [0.5, 0.6) is 0 Å². The number of nitrogens with one attached hydrogen (secondary N) is 1. The fourth-order valence-electron chi connectivity index (χ4n) is 3.00. The number of halogens is 1. The van der Waals surface area contributed by atoms with E-state index >= 15 is 0 Å². The van der Waals surface area contributed by atoms with Crippen LogP contribution in [0.4, 0.5) is 6.01 Å². The predicted molar refractivity (Wildman–Crippen MR) is 101 cm³/mol. The van der Waals surface area contributed by atoms with Gasteiger partial charge in [0.2, 0.25) is 15.8 Å². The molecular weight excluding hydrogens is 376 g/mol. The number of aliphatic imine (C=N–C) groups is 1. The largest absolute Gasteiger partial charge is 0.347 e. The van der Waals surface area contributed by atoms with Crippen molar-refractivity contribution in [1.29, 1.82) is 0 Å². The molecule has 0 saturated heterocycles. The third-order valence-electron chi connectivity index (χ3n) is 4.45. The van der Waals surface area contributed by atoms with Gasteiger partial charge >= 0.3 is 6.01 Å².